The van der Waals surface area contributed by atoms with Gasteiger partial charge in [-0.25, -0.2) is 13.1 Å². The van der Waals surface area contributed by atoms with Crippen molar-refractivity contribution in [3.8, 4) is 0 Å². The average molecular weight is 300 g/mol. The van der Waals surface area contributed by atoms with Gasteiger partial charge in [0.25, 0.3) is 0 Å². The first kappa shape index (κ1) is 14.0. The van der Waals surface area contributed by atoms with E-state index in [-0.39, 0.29) is 11.4 Å². The lowest BCUT2D eigenvalue weighted by molar-refractivity contribution is 0.581. The van der Waals surface area contributed by atoms with Crippen LogP contribution in [0, 0.1) is 13.8 Å². The Kier molecular flexibility index (Phi) is 3.93. The zero-order valence-electron chi connectivity index (χ0n) is 10.6. The summed E-state index contributed by atoms with van der Waals surface area (Å²) < 4.78 is 26.7. The van der Waals surface area contributed by atoms with Crippen LogP contribution < -0.4 is 4.72 Å². The fourth-order valence-corrected chi connectivity index (χ4v) is 3.02. The first-order valence-electron chi connectivity index (χ1n) is 5.66. The molecule has 102 valence electrons. The van der Waals surface area contributed by atoms with E-state index in [0.29, 0.717) is 5.02 Å². The fourth-order valence-electron chi connectivity index (χ4n) is 1.72. The van der Waals surface area contributed by atoms with Crippen molar-refractivity contribution in [3.63, 3.8) is 0 Å². The lowest BCUT2D eigenvalue weighted by Gasteiger charge is -2.07. The van der Waals surface area contributed by atoms with Gasteiger partial charge in [0.2, 0.25) is 10.0 Å². The van der Waals surface area contributed by atoms with Gasteiger partial charge in [0, 0.05) is 22.8 Å². The van der Waals surface area contributed by atoms with Crippen LogP contribution >= 0.6 is 11.6 Å². The third-order valence-corrected chi connectivity index (χ3v) is 4.46. The molecule has 0 amide bonds. The molecule has 7 heteroatoms. The van der Waals surface area contributed by atoms with Crippen LogP contribution in [0.4, 0.5) is 0 Å². The van der Waals surface area contributed by atoms with E-state index >= 15 is 0 Å². The van der Waals surface area contributed by atoms with E-state index in [9.17, 15) is 8.42 Å². The van der Waals surface area contributed by atoms with E-state index in [1.54, 1.807) is 12.1 Å². The molecule has 0 unspecified atom stereocenters. The second-order valence-corrected chi connectivity index (χ2v) is 6.40. The van der Waals surface area contributed by atoms with Crippen molar-refractivity contribution in [1.82, 2.24) is 14.9 Å². The summed E-state index contributed by atoms with van der Waals surface area (Å²) in [6, 6.07) is 6.15. The first-order chi connectivity index (χ1) is 8.90. The summed E-state index contributed by atoms with van der Waals surface area (Å²) >= 11 is 5.79. The predicted molar refractivity (Wildman–Crippen MR) is 73.5 cm³/mol. The molecule has 0 aliphatic carbocycles. The summed E-state index contributed by atoms with van der Waals surface area (Å²) in [6.07, 6.45) is 0. The van der Waals surface area contributed by atoms with Gasteiger partial charge >= 0.3 is 0 Å². The first-order valence-corrected chi connectivity index (χ1v) is 7.52. The number of aromatic amines is 1. The molecule has 0 radical (unpaired) electrons. The topological polar surface area (TPSA) is 74.8 Å². The predicted octanol–water partition coefficient (Wildman–Crippen LogP) is 2.16. The minimum Gasteiger partial charge on any atom is -0.282 e. The van der Waals surface area contributed by atoms with Gasteiger partial charge in [-0.15, -0.1) is 0 Å². The smallest absolute Gasteiger partial charge is 0.240 e. The Bertz CT molecular complexity index is 675. The van der Waals surface area contributed by atoms with E-state index in [2.05, 4.69) is 14.9 Å². The van der Waals surface area contributed by atoms with Crippen LogP contribution in [0.3, 0.4) is 0 Å². The molecule has 0 aliphatic heterocycles. The number of halogens is 1. The second kappa shape index (κ2) is 5.32. The molecule has 0 bridgehead atoms. The molecule has 0 spiro atoms. The van der Waals surface area contributed by atoms with Crippen molar-refractivity contribution in [2.75, 3.05) is 0 Å². The minimum absolute atomic E-state index is 0.152. The number of nitrogens with one attached hydrogen (secondary N) is 2. The van der Waals surface area contributed by atoms with Crippen LogP contribution in [0.5, 0.6) is 0 Å². The highest BCUT2D eigenvalue weighted by atomic mass is 35.5. The molecule has 1 heterocycles. The molecule has 1 aromatic heterocycles. The highest BCUT2D eigenvalue weighted by Gasteiger charge is 2.16. The van der Waals surface area contributed by atoms with Crippen molar-refractivity contribution < 1.29 is 8.42 Å². The van der Waals surface area contributed by atoms with Crippen molar-refractivity contribution in [1.29, 1.82) is 0 Å². The monoisotopic (exact) mass is 299 g/mol. The van der Waals surface area contributed by atoms with Gasteiger partial charge in [0.15, 0.2) is 0 Å². The summed E-state index contributed by atoms with van der Waals surface area (Å²) in [5.74, 6) is 0. The van der Waals surface area contributed by atoms with Crippen LogP contribution in [-0.4, -0.2) is 18.6 Å². The zero-order chi connectivity index (χ0) is 14.0. The summed E-state index contributed by atoms with van der Waals surface area (Å²) in [6.45, 7) is 3.87. The highest BCUT2D eigenvalue weighted by Crippen LogP contribution is 2.16. The Morgan fingerprint density at radius 2 is 2.11 bits per heavy atom. The van der Waals surface area contributed by atoms with E-state index in [0.717, 1.165) is 17.0 Å². The molecule has 0 fully saturated rings. The molecule has 2 rings (SSSR count). The lowest BCUT2D eigenvalue weighted by atomic mass is 10.2. The summed E-state index contributed by atoms with van der Waals surface area (Å²) in [7, 11) is -3.57. The summed E-state index contributed by atoms with van der Waals surface area (Å²) in [5.41, 5.74) is 2.49. The Hall–Kier alpha value is -1.37. The minimum atomic E-state index is -3.57. The van der Waals surface area contributed by atoms with Gasteiger partial charge < -0.3 is 0 Å². The number of hydrogen-bond acceptors (Lipinski definition) is 3. The van der Waals surface area contributed by atoms with Gasteiger partial charge in [0.1, 0.15) is 0 Å². The third kappa shape index (κ3) is 3.15. The van der Waals surface area contributed by atoms with Crippen LogP contribution in [0.2, 0.25) is 5.02 Å². The van der Waals surface area contributed by atoms with E-state index < -0.39 is 10.0 Å². The number of aryl methyl sites for hydroxylation is 2. The number of rotatable bonds is 4. The normalized spacial score (nSPS) is 11.7. The van der Waals surface area contributed by atoms with Crippen molar-refractivity contribution in [3.05, 3.63) is 46.2 Å². The number of hydrogen-bond donors (Lipinski definition) is 2. The maximum Gasteiger partial charge on any atom is 0.240 e. The Balaban J connectivity index is 2.19. The fraction of sp³-hybridized carbons (Fsp3) is 0.250. The number of nitrogens with zero attached hydrogens (tertiary/aromatic N) is 1. The number of aromatic nitrogens is 2. The molecular formula is C12H14ClN3O2S. The van der Waals surface area contributed by atoms with Gasteiger partial charge in [-0.3, -0.25) is 5.10 Å². The van der Waals surface area contributed by atoms with Crippen molar-refractivity contribution >= 4 is 21.6 Å². The van der Waals surface area contributed by atoms with Crippen molar-refractivity contribution in [2.24, 2.45) is 0 Å². The van der Waals surface area contributed by atoms with Crippen molar-refractivity contribution in [2.45, 2.75) is 25.3 Å². The average Bonchev–Trinajstić information content (AvgIpc) is 2.67. The van der Waals surface area contributed by atoms with Crippen LogP contribution in [0.15, 0.2) is 29.2 Å². The van der Waals surface area contributed by atoms with Crippen LogP contribution in [0.25, 0.3) is 0 Å². The Labute approximate surface area is 117 Å². The number of sulfonamides is 1. The summed E-state index contributed by atoms with van der Waals surface area (Å²) in [5, 5.41) is 7.23. The molecule has 0 saturated carbocycles. The van der Waals surface area contributed by atoms with Gasteiger partial charge in [-0.05, 0) is 32.0 Å². The van der Waals surface area contributed by atoms with Gasteiger partial charge in [-0.2, -0.15) is 5.10 Å². The molecule has 2 N–H and O–H groups in total. The van der Waals surface area contributed by atoms with E-state index in [1.165, 1.54) is 12.1 Å². The SMILES string of the molecule is Cc1n[nH]c(C)c1CNS(=O)(=O)c1cccc(Cl)c1. The summed E-state index contributed by atoms with van der Waals surface area (Å²) in [4.78, 5) is 0.152. The molecule has 2 aromatic rings. The Morgan fingerprint density at radius 1 is 1.37 bits per heavy atom. The maximum absolute atomic E-state index is 12.1. The zero-order valence-corrected chi connectivity index (χ0v) is 12.1. The molecule has 5 nitrogen and oxygen atoms in total. The second-order valence-electron chi connectivity index (χ2n) is 4.19. The Morgan fingerprint density at radius 3 is 2.68 bits per heavy atom. The van der Waals surface area contributed by atoms with E-state index in [1.807, 2.05) is 13.8 Å². The van der Waals surface area contributed by atoms with Gasteiger partial charge in [-0.1, -0.05) is 17.7 Å². The lowest BCUT2D eigenvalue weighted by Crippen LogP contribution is -2.23. The highest BCUT2D eigenvalue weighted by molar-refractivity contribution is 7.89. The van der Waals surface area contributed by atoms with Crippen LogP contribution in [0.1, 0.15) is 17.0 Å². The molecule has 0 saturated heterocycles. The quantitative estimate of drug-likeness (QED) is 0.908. The largest absolute Gasteiger partial charge is 0.282 e. The van der Waals surface area contributed by atoms with E-state index in [4.69, 9.17) is 11.6 Å². The van der Waals surface area contributed by atoms with Gasteiger partial charge in [0.05, 0.1) is 10.6 Å². The number of benzene rings is 1. The van der Waals surface area contributed by atoms with Crippen LogP contribution in [-0.2, 0) is 16.6 Å². The molecule has 19 heavy (non-hydrogen) atoms. The molecule has 1 aromatic carbocycles. The standard InChI is InChI=1S/C12H14ClN3O2S/c1-8-12(9(2)16-15-8)7-14-19(17,18)11-5-3-4-10(13)6-11/h3-6,14H,7H2,1-2H3,(H,15,16). The molecular weight excluding hydrogens is 286 g/mol. The molecule has 0 atom stereocenters. The number of H-pyrrole nitrogens is 1. The molecule has 0 aliphatic rings. The third-order valence-electron chi connectivity index (χ3n) is 2.83. The maximum atomic E-state index is 12.1.